The van der Waals surface area contributed by atoms with Crippen LogP contribution in [0.3, 0.4) is 0 Å². The number of benzene rings is 1. The van der Waals surface area contributed by atoms with Crippen LogP contribution in [0.2, 0.25) is 0 Å². The number of nitrogens with zero attached hydrogens (tertiary/aromatic N) is 4. The van der Waals surface area contributed by atoms with Crippen LogP contribution in [0.25, 0.3) is 0 Å². The highest BCUT2D eigenvalue weighted by atomic mass is 16.5. The quantitative estimate of drug-likeness (QED) is 0.484. The monoisotopic (exact) mass is 410 g/mol. The lowest BCUT2D eigenvalue weighted by molar-refractivity contribution is -0.131. The van der Waals surface area contributed by atoms with Gasteiger partial charge in [-0.2, -0.15) is 0 Å². The van der Waals surface area contributed by atoms with Crippen molar-refractivity contribution in [2.24, 2.45) is 10.7 Å². The van der Waals surface area contributed by atoms with Crippen molar-refractivity contribution in [1.82, 2.24) is 19.8 Å². The number of unbranched alkanes of at least 4 members (excludes halogenated alkanes) is 3. The Morgan fingerprint density at radius 3 is 2.87 bits per heavy atom. The topological polar surface area (TPSA) is 115 Å². The van der Waals surface area contributed by atoms with Crippen LogP contribution in [0.1, 0.15) is 44.2 Å². The molecule has 1 aromatic carbocycles. The first kappa shape index (κ1) is 19.9. The van der Waals surface area contributed by atoms with Crippen molar-refractivity contribution >= 4 is 23.5 Å². The van der Waals surface area contributed by atoms with Gasteiger partial charge in [-0.15, -0.1) is 0 Å². The third-order valence-electron chi connectivity index (χ3n) is 5.51. The van der Waals surface area contributed by atoms with E-state index in [1.54, 1.807) is 11.1 Å². The van der Waals surface area contributed by atoms with Gasteiger partial charge in [-0.1, -0.05) is 12.8 Å². The molecule has 9 heteroatoms. The zero-order valence-corrected chi connectivity index (χ0v) is 17.0. The first-order chi connectivity index (χ1) is 14.5. The Bertz CT molecular complexity index is 956. The lowest BCUT2D eigenvalue weighted by Crippen LogP contribution is -2.47. The Labute approximate surface area is 174 Å². The summed E-state index contributed by atoms with van der Waals surface area (Å²) in [6, 6.07) is 4.42. The average Bonchev–Trinajstić information content (AvgIpc) is 3.35. The number of imidazole rings is 1. The second-order valence-electron chi connectivity index (χ2n) is 7.60. The second-order valence-corrected chi connectivity index (χ2v) is 7.60. The van der Waals surface area contributed by atoms with Crippen LogP contribution >= 0.6 is 0 Å². The number of guanidine groups is 1. The summed E-state index contributed by atoms with van der Waals surface area (Å²) in [6.07, 6.45) is 9.96. The van der Waals surface area contributed by atoms with Crippen molar-refractivity contribution in [3.05, 3.63) is 42.5 Å². The minimum Gasteiger partial charge on any atom is -0.494 e. The van der Waals surface area contributed by atoms with Crippen LogP contribution in [-0.2, 0) is 16.1 Å². The molecule has 1 fully saturated rings. The number of ether oxygens (including phenoxy) is 1. The first-order valence-corrected chi connectivity index (χ1v) is 10.2. The summed E-state index contributed by atoms with van der Waals surface area (Å²) in [5.41, 5.74) is 7.08. The van der Waals surface area contributed by atoms with Gasteiger partial charge in [0.2, 0.25) is 11.9 Å². The summed E-state index contributed by atoms with van der Waals surface area (Å²) in [6.45, 7) is 3.56. The van der Waals surface area contributed by atoms with E-state index >= 15 is 0 Å². The Morgan fingerprint density at radius 1 is 1.27 bits per heavy atom. The smallest absolute Gasteiger partial charge is 0.259 e. The molecule has 2 amide bonds. The van der Waals surface area contributed by atoms with Gasteiger partial charge in [0.05, 0.1) is 24.7 Å². The highest BCUT2D eigenvalue weighted by Crippen LogP contribution is 2.39. The van der Waals surface area contributed by atoms with Crippen molar-refractivity contribution in [2.45, 2.75) is 51.2 Å². The van der Waals surface area contributed by atoms with E-state index in [1.807, 2.05) is 37.6 Å². The van der Waals surface area contributed by atoms with Gasteiger partial charge in [-0.05, 0) is 38.0 Å². The molecule has 2 aromatic rings. The van der Waals surface area contributed by atoms with E-state index in [-0.39, 0.29) is 6.04 Å². The van der Waals surface area contributed by atoms with Crippen molar-refractivity contribution in [1.29, 1.82) is 0 Å². The number of aliphatic imine (C=N–C) groups is 1. The van der Waals surface area contributed by atoms with Gasteiger partial charge in [-0.25, -0.2) is 9.98 Å². The van der Waals surface area contributed by atoms with Gasteiger partial charge in [0, 0.05) is 24.5 Å². The largest absolute Gasteiger partial charge is 0.494 e. The molecule has 9 nitrogen and oxygen atoms in total. The Hall–Kier alpha value is -3.36. The van der Waals surface area contributed by atoms with E-state index in [4.69, 9.17) is 10.5 Å². The lowest BCUT2D eigenvalue weighted by Gasteiger charge is -2.33. The number of hydrogen-bond donors (Lipinski definition) is 2. The molecule has 2 unspecified atom stereocenters. The lowest BCUT2D eigenvalue weighted by atomic mass is 10.0. The molecular weight excluding hydrogens is 384 g/mol. The predicted molar refractivity (Wildman–Crippen MR) is 111 cm³/mol. The fourth-order valence-corrected chi connectivity index (χ4v) is 3.93. The third-order valence-corrected chi connectivity index (χ3v) is 5.51. The van der Waals surface area contributed by atoms with Gasteiger partial charge in [0.25, 0.3) is 5.91 Å². The number of aromatic nitrogens is 2. The van der Waals surface area contributed by atoms with E-state index in [9.17, 15) is 9.59 Å². The second kappa shape index (κ2) is 8.56. The maximum Gasteiger partial charge on any atom is 0.259 e. The summed E-state index contributed by atoms with van der Waals surface area (Å²) in [4.78, 5) is 34.0. The van der Waals surface area contributed by atoms with Gasteiger partial charge in [-0.3, -0.25) is 14.9 Å². The third kappa shape index (κ3) is 4.00. The van der Waals surface area contributed by atoms with Crippen molar-refractivity contribution in [2.75, 3.05) is 6.61 Å². The molecule has 3 N–H and O–H groups in total. The molecule has 0 bridgehead atoms. The number of nitrogens with one attached hydrogen (secondary N) is 1. The maximum atomic E-state index is 12.1. The number of amides is 2. The van der Waals surface area contributed by atoms with E-state index in [1.165, 1.54) is 0 Å². The van der Waals surface area contributed by atoms with E-state index in [0.717, 1.165) is 49.2 Å². The molecule has 0 aliphatic carbocycles. The zero-order valence-electron chi connectivity index (χ0n) is 17.0. The molecule has 2 aliphatic heterocycles. The number of carbonyl (C=O) groups is 2. The number of hydrogen-bond acceptors (Lipinski definition) is 6. The molecule has 3 heterocycles. The van der Waals surface area contributed by atoms with Crippen LogP contribution in [0, 0.1) is 0 Å². The number of aryl methyl sites for hydroxylation is 1. The summed E-state index contributed by atoms with van der Waals surface area (Å²) in [5.74, 6) is -0.00112. The number of primary amides is 1. The molecule has 1 aromatic heterocycles. The highest BCUT2D eigenvalue weighted by molar-refractivity contribution is 6.17. The van der Waals surface area contributed by atoms with Crippen molar-refractivity contribution in [3.8, 4) is 5.75 Å². The minimum absolute atomic E-state index is 0.226. The molecule has 158 valence electrons. The SMILES string of the molecule is CC1c2cc(OCCCCCCn3ccnc3)ccc2N=C2NC(=O)C(C(N)=O)N21. The molecule has 0 spiro atoms. The summed E-state index contributed by atoms with van der Waals surface area (Å²) in [5, 5.41) is 2.64. The standard InChI is InChI=1S/C21H26N6O3/c1-14-16-12-15(30-11-5-3-2-4-9-26-10-8-23-13-26)6-7-17(16)24-21-25-20(29)18(19(22)28)27(14)21/h6-8,10,12-14,18H,2-5,9,11H2,1H3,(H2,22,28)(H,24,25,29). The van der Waals surface area contributed by atoms with Crippen molar-refractivity contribution < 1.29 is 14.3 Å². The summed E-state index contributed by atoms with van der Waals surface area (Å²) in [7, 11) is 0. The molecule has 2 aliphatic rings. The van der Waals surface area contributed by atoms with Crippen LogP contribution in [-0.4, -0.2) is 44.9 Å². The van der Waals surface area contributed by atoms with Gasteiger partial charge >= 0.3 is 0 Å². The maximum absolute atomic E-state index is 12.1. The van der Waals surface area contributed by atoms with Gasteiger partial charge < -0.3 is 19.9 Å². The molecular formula is C21H26N6O3. The van der Waals surface area contributed by atoms with E-state index in [2.05, 4.69) is 19.9 Å². The Kier molecular flexibility index (Phi) is 5.69. The Balaban J connectivity index is 1.30. The van der Waals surface area contributed by atoms with Crippen LogP contribution in [0.5, 0.6) is 5.75 Å². The normalized spacial score (nSPS) is 19.7. The zero-order chi connectivity index (χ0) is 21.1. The van der Waals surface area contributed by atoms with Crippen LogP contribution < -0.4 is 15.8 Å². The average molecular weight is 410 g/mol. The minimum atomic E-state index is -1.04. The molecule has 30 heavy (non-hydrogen) atoms. The summed E-state index contributed by atoms with van der Waals surface area (Å²) >= 11 is 0. The number of carbonyl (C=O) groups excluding carboxylic acids is 2. The molecule has 0 radical (unpaired) electrons. The van der Waals surface area contributed by atoms with Gasteiger partial charge in [0.15, 0.2) is 6.04 Å². The molecule has 4 rings (SSSR count). The van der Waals surface area contributed by atoms with E-state index < -0.39 is 17.9 Å². The molecule has 0 saturated carbocycles. The number of rotatable bonds is 9. The van der Waals surface area contributed by atoms with Crippen molar-refractivity contribution in [3.63, 3.8) is 0 Å². The van der Waals surface area contributed by atoms with Crippen LogP contribution in [0.15, 0.2) is 41.9 Å². The predicted octanol–water partition coefficient (Wildman–Crippen LogP) is 1.87. The highest BCUT2D eigenvalue weighted by Gasteiger charge is 2.45. The fraction of sp³-hybridized carbons (Fsp3) is 0.429. The van der Waals surface area contributed by atoms with Gasteiger partial charge in [0.1, 0.15) is 5.75 Å². The molecule has 1 saturated heterocycles. The fourth-order valence-electron chi connectivity index (χ4n) is 3.93. The number of fused-ring (bicyclic) bond motifs is 2. The number of nitrogens with two attached hydrogens (primary N) is 1. The molecule has 2 atom stereocenters. The van der Waals surface area contributed by atoms with E-state index in [0.29, 0.717) is 12.6 Å². The van der Waals surface area contributed by atoms with Crippen LogP contribution in [0.4, 0.5) is 5.69 Å². The summed E-state index contributed by atoms with van der Waals surface area (Å²) < 4.78 is 8.01. The first-order valence-electron chi connectivity index (χ1n) is 10.2. The Morgan fingerprint density at radius 2 is 2.10 bits per heavy atom.